The molecule has 7 nitrogen and oxygen atoms in total. The topological polar surface area (TPSA) is 77.9 Å². The molecule has 0 spiro atoms. The van der Waals surface area contributed by atoms with E-state index in [1.54, 1.807) is 7.11 Å². The van der Waals surface area contributed by atoms with Gasteiger partial charge in [-0.25, -0.2) is 4.98 Å². The smallest absolute Gasteiger partial charge is 0.258 e. The first-order chi connectivity index (χ1) is 12.7. The Morgan fingerprint density at radius 3 is 2.50 bits per heavy atom. The van der Waals surface area contributed by atoms with Gasteiger partial charge in [0.1, 0.15) is 18.2 Å². The van der Waals surface area contributed by atoms with Gasteiger partial charge in [-0.05, 0) is 69.6 Å². The normalized spacial score (nSPS) is 15.6. The van der Waals surface area contributed by atoms with E-state index < -0.39 is 0 Å². The fraction of sp³-hybridized carbons (Fsp3) is 0.421. The molecule has 1 saturated heterocycles. The van der Waals surface area contributed by atoms with E-state index in [1.807, 2.05) is 38.1 Å². The van der Waals surface area contributed by atoms with Crippen LogP contribution in [0.4, 0.5) is 0 Å². The minimum atomic E-state index is 0.169. The molecule has 1 N–H and O–H groups in total. The second-order valence-electron chi connectivity index (χ2n) is 6.17. The molecule has 1 aromatic heterocycles. The van der Waals surface area contributed by atoms with Crippen LogP contribution in [0.5, 0.6) is 17.5 Å². The summed E-state index contributed by atoms with van der Waals surface area (Å²) in [6.07, 6.45) is 3.54. The summed E-state index contributed by atoms with van der Waals surface area (Å²) >= 11 is 0. The van der Waals surface area contributed by atoms with E-state index >= 15 is 0 Å². The lowest BCUT2D eigenvalue weighted by atomic mass is 10.1. The van der Waals surface area contributed by atoms with Crippen LogP contribution in [0.15, 0.2) is 35.7 Å². The SMILES string of the molecule is COc1ccc(C(C)=NOc2ncnc(OC3CCNCC3)c2C)cc1. The maximum atomic E-state index is 6.01. The van der Waals surface area contributed by atoms with Crippen LogP contribution in [0, 0.1) is 6.92 Å². The molecule has 0 bridgehead atoms. The maximum absolute atomic E-state index is 6.01. The van der Waals surface area contributed by atoms with Gasteiger partial charge in [-0.2, -0.15) is 4.98 Å². The molecule has 26 heavy (non-hydrogen) atoms. The lowest BCUT2D eigenvalue weighted by Crippen LogP contribution is -2.34. The van der Waals surface area contributed by atoms with Crippen molar-refractivity contribution in [3.63, 3.8) is 0 Å². The fourth-order valence-electron chi connectivity index (χ4n) is 2.70. The van der Waals surface area contributed by atoms with Crippen LogP contribution in [0.3, 0.4) is 0 Å². The van der Waals surface area contributed by atoms with Crippen LogP contribution in [0.25, 0.3) is 0 Å². The Morgan fingerprint density at radius 2 is 1.81 bits per heavy atom. The molecule has 0 aliphatic carbocycles. The van der Waals surface area contributed by atoms with Crippen molar-refractivity contribution >= 4 is 5.71 Å². The van der Waals surface area contributed by atoms with Crippen molar-refractivity contribution in [2.75, 3.05) is 20.2 Å². The molecule has 1 aliphatic rings. The molecule has 0 atom stereocenters. The summed E-state index contributed by atoms with van der Waals surface area (Å²) in [4.78, 5) is 14.0. The van der Waals surface area contributed by atoms with E-state index in [0.29, 0.717) is 11.8 Å². The van der Waals surface area contributed by atoms with Gasteiger partial charge in [0.05, 0.1) is 18.4 Å². The van der Waals surface area contributed by atoms with Gasteiger partial charge in [0, 0.05) is 0 Å². The van der Waals surface area contributed by atoms with Crippen molar-refractivity contribution in [2.24, 2.45) is 5.16 Å². The third-order valence-electron chi connectivity index (χ3n) is 4.33. The number of ether oxygens (including phenoxy) is 2. The summed E-state index contributed by atoms with van der Waals surface area (Å²) in [6.45, 7) is 5.68. The summed E-state index contributed by atoms with van der Waals surface area (Å²) in [5.74, 6) is 1.75. The van der Waals surface area contributed by atoms with Crippen LogP contribution in [-0.2, 0) is 0 Å². The van der Waals surface area contributed by atoms with Gasteiger partial charge < -0.3 is 19.6 Å². The highest BCUT2D eigenvalue weighted by atomic mass is 16.6. The van der Waals surface area contributed by atoms with Gasteiger partial charge in [0.15, 0.2) is 0 Å². The largest absolute Gasteiger partial charge is 0.497 e. The van der Waals surface area contributed by atoms with E-state index in [9.17, 15) is 0 Å². The summed E-state index contributed by atoms with van der Waals surface area (Å²) < 4.78 is 11.2. The third kappa shape index (κ3) is 4.49. The Hall–Kier alpha value is -2.67. The van der Waals surface area contributed by atoms with Crippen molar-refractivity contribution in [3.05, 3.63) is 41.7 Å². The first-order valence-corrected chi connectivity index (χ1v) is 8.72. The predicted octanol–water partition coefficient (Wildman–Crippen LogP) is 2.73. The zero-order chi connectivity index (χ0) is 18.4. The molecular formula is C19H24N4O3. The first-order valence-electron chi connectivity index (χ1n) is 8.72. The lowest BCUT2D eigenvalue weighted by Gasteiger charge is -2.23. The zero-order valence-corrected chi connectivity index (χ0v) is 15.4. The van der Waals surface area contributed by atoms with Gasteiger partial charge in [0.2, 0.25) is 5.88 Å². The minimum absolute atomic E-state index is 0.169. The number of nitrogens with zero attached hydrogens (tertiary/aromatic N) is 3. The molecule has 0 radical (unpaired) electrons. The lowest BCUT2D eigenvalue weighted by molar-refractivity contribution is 0.153. The molecule has 3 rings (SSSR count). The molecule has 138 valence electrons. The molecule has 7 heteroatoms. The quantitative estimate of drug-likeness (QED) is 0.633. The predicted molar refractivity (Wildman–Crippen MR) is 99.1 cm³/mol. The fourth-order valence-corrected chi connectivity index (χ4v) is 2.70. The molecule has 1 aromatic carbocycles. The van der Waals surface area contributed by atoms with E-state index in [1.165, 1.54) is 6.33 Å². The number of nitrogens with one attached hydrogen (secondary N) is 1. The number of benzene rings is 1. The van der Waals surface area contributed by atoms with Crippen LogP contribution in [0.2, 0.25) is 0 Å². The standard InChI is InChI=1S/C19H24N4O3/c1-13-18(25-17-8-10-20-11-9-17)21-12-22-19(13)26-23-14(2)15-4-6-16(24-3)7-5-15/h4-7,12,17,20H,8-11H2,1-3H3. The Bertz CT molecular complexity index is 756. The summed E-state index contributed by atoms with van der Waals surface area (Å²) in [5.41, 5.74) is 2.44. The van der Waals surface area contributed by atoms with Crippen molar-refractivity contribution in [1.29, 1.82) is 0 Å². The van der Waals surface area contributed by atoms with Crippen LogP contribution >= 0.6 is 0 Å². The summed E-state index contributed by atoms with van der Waals surface area (Å²) in [7, 11) is 1.64. The molecule has 2 aromatic rings. The van der Waals surface area contributed by atoms with E-state index in [4.69, 9.17) is 14.3 Å². The Morgan fingerprint density at radius 1 is 1.12 bits per heavy atom. The van der Waals surface area contributed by atoms with Crippen LogP contribution in [-0.4, -0.2) is 42.0 Å². The van der Waals surface area contributed by atoms with Crippen molar-refractivity contribution in [2.45, 2.75) is 32.8 Å². The van der Waals surface area contributed by atoms with Gasteiger partial charge in [-0.3, -0.25) is 0 Å². The van der Waals surface area contributed by atoms with Crippen molar-refractivity contribution < 1.29 is 14.3 Å². The number of piperidine rings is 1. The number of hydrogen-bond donors (Lipinski definition) is 1. The average Bonchev–Trinajstić information content (AvgIpc) is 2.69. The third-order valence-corrected chi connectivity index (χ3v) is 4.33. The van der Waals surface area contributed by atoms with Crippen molar-refractivity contribution in [3.8, 4) is 17.5 Å². The number of aromatic nitrogens is 2. The second-order valence-corrected chi connectivity index (χ2v) is 6.17. The van der Waals surface area contributed by atoms with Crippen LogP contribution in [0.1, 0.15) is 30.9 Å². The summed E-state index contributed by atoms with van der Waals surface area (Å²) in [5, 5.41) is 7.51. The Kier molecular flexibility index (Phi) is 6.01. The number of oxime groups is 1. The molecule has 2 heterocycles. The zero-order valence-electron chi connectivity index (χ0n) is 15.4. The number of hydrogen-bond acceptors (Lipinski definition) is 7. The molecular weight excluding hydrogens is 332 g/mol. The van der Waals surface area contributed by atoms with Gasteiger partial charge >= 0.3 is 0 Å². The van der Waals surface area contributed by atoms with E-state index in [0.717, 1.165) is 48.5 Å². The van der Waals surface area contributed by atoms with Gasteiger partial charge in [-0.1, -0.05) is 5.16 Å². The number of rotatable bonds is 6. The molecule has 0 amide bonds. The highest BCUT2D eigenvalue weighted by Crippen LogP contribution is 2.25. The van der Waals surface area contributed by atoms with Gasteiger partial charge in [0.25, 0.3) is 5.88 Å². The maximum Gasteiger partial charge on any atom is 0.258 e. The molecule has 1 fully saturated rings. The van der Waals surface area contributed by atoms with Gasteiger partial charge in [-0.15, -0.1) is 0 Å². The number of methoxy groups -OCH3 is 1. The molecule has 0 saturated carbocycles. The van der Waals surface area contributed by atoms with E-state index in [2.05, 4.69) is 20.4 Å². The Balaban J connectivity index is 1.69. The average molecular weight is 356 g/mol. The second kappa shape index (κ2) is 8.62. The highest BCUT2D eigenvalue weighted by molar-refractivity contribution is 5.98. The molecule has 1 aliphatic heterocycles. The first kappa shape index (κ1) is 18.1. The van der Waals surface area contributed by atoms with E-state index in [-0.39, 0.29) is 6.10 Å². The Labute approximate surface area is 153 Å². The van der Waals surface area contributed by atoms with Crippen molar-refractivity contribution in [1.82, 2.24) is 15.3 Å². The highest BCUT2D eigenvalue weighted by Gasteiger charge is 2.18. The summed E-state index contributed by atoms with van der Waals surface area (Å²) in [6, 6.07) is 7.63. The monoisotopic (exact) mass is 356 g/mol. The van der Waals surface area contributed by atoms with Crippen LogP contribution < -0.4 is 19.6 Å². The molecule has 0 unspecified atom stereocenters. The minimum Gasteiger partial charge on any atom is -0.497 e.